The molecule has 0 spiro atoms. The molecule has 0 saturated carbocycles. The zero-order valence-electron chi connectivity index (χ0n) is 13.9. The third kappa shape index (κ3) is 4.91. The van der Waals surface area contributed by atoms with Crippen LogP contribution in [0.3, 0.4) is 0 Å². The van der Waals surface area contributed by atoms with Crippen LogP contribution in [0.4, 0.5) is 21.8 Å². The second-order valence-corrected chi connectivity index (χ2v) is 5.43. The van der Waals surface area contributed by atoms with Crippen molar-refractivity contribution < 1.29 is 9.13 Å². The fourth-order valence-electron chi connectivity index (χ4n) is 2.35. The monoisotopic (exact) mass is 338 g/mol. The topological polar surface area (TPSA) is 59.1 Å². The maximum atomic E-state index is 13.2. The van der Waals surface area contributed by atoms with E-state index in [1.54, 1.807) is 25.4 Å². The predicted molar refractivity (Wildman–Crippen MR) is 96.9 cm³/mol. The summed E-state index contributed by atoms with van der Waals surface area (Å²) in [5.41, 5.74) is 1.82. The highest BCUT2D eigenvalue weighted by molar-refractivity contribution is 5.55. The number of halogens is 1. The van der Waals surface area contributed by atoms with E-state index >= 15 is 0 Å². The van der Waals surface area contributed by atoms with E-state index in [1.165, 1.54) is 12.1 Å². The van der Waals surface area contributed by atoms with Crippen molar-refractivity contribution in [1.29, 1.82) is 0 Å². The van der Waals surface area contributed by atoms with Gasteiger partial charge in [-0.1, -0.05) is 12.1 Å². The van der Waals surface area contributed by atoms with E-state index < -0.39 is 0 Å². The summed E-state index contributed by atoms with van der Waals surface area (Å²) < 4.78 is 18.3. The van der Waals surface area contributed by atoms with E-state index in [1.807, 2.05) is 30.3 Å². The minimum Gasteiger partial charge on any atom is -0.497 e. The molecule has 1 heterocycles. The van der Waals surface area contributed by atoms with Crippen LogP contribution in [0.1, 0.15) is 5.56 Å². The second kappa shape index (κ2) is 8.10. The van der Waals surface area contributed by atoms with Crippen LogP contribution in [-0.2, 0) is 6.42 Å². The average Bonchev–Trinajstić information content (AvgIpc) is 2.63. The van der Waals surface area contributed by atoms with Crippen LogP contribution in [0.25, 0.3) is 0 Å². The lowest BCUT2D eigenvalue weighted by molar-refractivity contribution is 0.415. The quantitative estimate of drug-likeness (QED) is 0.681. The Labute approximate surface area is 145 Å². The van der Waals surface area contributed by atoms with Crippen molar-refractivity contribution in [3.63, 3.8) is 0 Å². The maximum Gasteiger partial charge on any atom is 0.229 e. The van der Waals surface area contributed by atoms with Crippen LogP contribution in [0.2, 0.25) is 0 Å². The summed E-state index contributed by atoms with van der Waals surface area (Å²) in [7, 11) is 1.63. The van der Waals surface area contributed by atoms with Gasteiger partial charge in [-0.05, 0) is 54.4 Å². The number of ether oxygens (including phenoxy) is 1. The third-order valence-corrected chi connectivity index (χ3v) is 3.61. The molecule has 1 aromatic heterocycles. The Bertz CT molecular complexity index is 824. The summed E-state index contributed by atoms with van der Waals surface area (Å²) in [5.74, 6) is 1.79. The van der Waals surface area contributed by atoms with Crippen LogP contribution in [0.5, 0.6) is 5.75 Å². The molecule has 0 radical (unpaired) electrons. The van der Waals surface area contributed by atoms with Gasteiger partial charge in [-0.2, -0.15) is 4.98 Å². The molecule has 0 bridgehead atoms. The van der Waals surface area contributed by atoms with Gasteiger partial charge < -0.3 is 15.4 Å². The van der Waals surface area contributed by atoms with Gasteiger partial charge >= 0.3 is 0 Å². The number of rotatable bonds is 7. The first-order valence-corrected chi connectivity index (χ1v) is 7.95. The fraction of sp³-hybridized carbons (Fsp3) is 0.158. The van der Waals surface area contributed by atoms with Gasteiger partial charge in [0.1, 0.15) is 17.4 Å². The molecule has 0 aliphatic heterocycles. The molecule has 0 saturated heterocycles. The Morgan fingerprint density at radius 1 is 1.08 bits per heavy atom. The number of benzene rings is 2. The van der Waals surface area contributed by atoms with Gasteiger partial charge in [-0.15, -0.1) is 0 Å². The zero-order valence-corrected chi connectivity index (χ0v) is 13.9. The number of aromatic nitrogens is 2. The normalized spacial score (nSPS) is 10.3. The van der Waals surface area contributed by atoms with Crippen molar-refractivity contribution >= 4 is 17.5 Å². The van der Waals surface area contributed by atoms with E-state index in [-0.39, 0.29) is 5.82 Å². The highest BCUT2D eigenvalue weighted by atomic mass is 19.1. The van der Waals surface area contributed by atoms with Crippen molar-refractivity contribution in [2.24, 2.45) is 0 Å². The third-order valence-electron chi connectivity index (χ3n) is 3.61. The Balaban J connectivity index is 1.57. The summed E-state index contributed by atoms with van der Waals surface area (Å²) in [5, 5.41) is 6.37. The number of nitrogens with zero attached hydrogens (tertiary/aromatic N) is 2. The van der Waals surface area contributed by atoms with Gasteiger partial charge in [0.2, 0.25) is 5.95 Å². The molecule has 0 aliphatic carbocycles. The number of hydrogen-bond donors (Lipinski definition) is 2. The van der Waals surface area contributed by atoms with Crippen LogP contribution in [-0.4, -0.2) is 23.6 Å². The average molecular weight is 338 g/mol. The minimum absolute atomic E-state index is 0.217. The van der Waals surface area contributed by atoms with Crippen molar-refractivity contribution in [1.82, 2.24) is 9.97 Å². The van der Waals surface area contributed by atoms with Gasteiger partial charge in [-0.25, -0.2) is 9.37 Å². The molecule has 0 atom stereocenters. The lowest BCUT2D eigenvalue weighted by Gasteiger charge is -2.09. The van der Waals surface area contributed by atoms with E-state index in [2.05, 4.69) is 20.6 Å². The van der Waals surface area contributed by atoms with Gasteiger partial charge in [-0.3, -0.25) is 0 Å². The molecule has 0 aliphatic rings. The first kappa shape index (κ1) is 16.7. The highest BCUT2D eigenvalue weighted by Gasteiger charge is 2.01. The van der Waals surface area contributed by atoms with E-state index in [4.69, 9.17) is 4.74 Å². The molecule has 25 heavy (non-hydrogen) atoms. The molecule has 5 nitrogen and oxygen atoms in total. The Hall–Kier alpha value is -3.15. The van der Waals surface area contributed by atoms with Crippen LogP contribution < -0.4 is 15.4 Å². The highest BCUT2D eigenvalue weighted by Crippen LogP contribution is 2.18. The molecule has 2 aromatic carbocycles. The van der Waals surface area contributed by atoms with Gasteiger partial charge in [0.05, 0.1) is 7.11 Å². The predicted octanol–water partition coefficient (Wildman–Crippen LogP) is 4.02. The van der Waals surface area contributed by atoms with E-state index in [0.717, 1.165) is 17.0 Å². The molecule has 2 N–H and O–H groups in total. The van der Waals surface area contributed by atoms with Crippen LogP contribution >= 0.6 is 0 Å². The summed E-state index contributed by atoms with van der Waals surface area (Å²) in [6, 6.07) is 15.9. The summed E-state index contributed by atoms with van der Waals surface area (Å²) >= 11 is 0. The number of anilines is 3. The molecule has 6 heteroatoms. The van der Waals surface area contributed by atoms with Gasteiger partial charge in [0.25, 0.3) is 0 Å². The molecule has 0 amide bonds. The number of nitrogens with one attached hydrogen (secondary N) is 2. The lowest BCUT2D eigenvalue weighted by Crippen LogP contribution is -2.08. The van der Waals surface area contributed by atoms with E-state index in [9.17, 15) is 4.39 Å². The molecular weight excluding hydrogens is 319 g/mol. The molecule has 0 fully saturated rings. The number of hydrogen-bond acceptors (Lipinski definition) is 5. The van der Waals surface area contributed by atoms with Crippen molar-refractivity contribution in [2.45, 2.75) is 6.42 Å². The van der Waals surface area contributed by atoms with Gasteiger partial charge in [0.15, 0.2) is 0 Å². The first-order chi connectivity index (χ1) is 12.2. The zero-order chi connectivity index (χ0) is 17.5. The number of methoxy groups -OCH3 is 1. The Morgan fingerprint density at radius 2 is 1.92 bits per heavy atom. The fourth-order valence-corrected chi connectivity index (χ4v) is 2.35. The van der Waals surface area contributed by atoms with E-state index in [0.29, 0.717) is 24.7 Å². The standard InChI is InChI=1S/C19H19FN4O/c1-25-17-7-5-16(6-8-17)23-19-22-12-10-18(24-19)21-11-9-14-3-2-4-15(20)13-14/h2-8,10,12-13H,9,11H2,1H3,(H2,21,22,23,24). The first-order valence-electron chi connectivity index (χ1n) is 7.95. The molecule has 128 valence electrons. The minimum atomic E-state index is -0.217. The SMILES string of the molecule is COc1ccc(Nc2nccc(NCCc3cccc(F)c3)n2)cc1. The molecule has 0 unspecified atom stereocenters. The molecule has 3 aromatic rings. The smallest absolute Gasteiger partial charge is 0.229 e. The largest absolute Gasteiger partial charge is 0.497 e. The maximum absolute atomic E-state index is 13.2. The Kier molecular flexibility index (Phi) is 5.41. The molecular formula is C19H19FN4O. The Morgan fingerprint density at radius 3 is 2.68 bits per heavy atom. The summed E-state index contributed by atoms with van der Waals surface area (Å²) in [4.78, 5) is 8.63. The van der Waals surface area contributed by atoms with Crippen molar-refractivity contribution in [2.75, 3.05) is 24.3 Å². The summed E-state index contributed by atoms with van der Waals surface area (Å²) in [6.45, 7) is 0.655. The van der Waals surface area contributed by atoms with Crippen LogP contribution in [0, 0.1) is 5.82 Å². The van der Waals surface area contributed by atoms with Crippen molar-refractivity contribution in [3.8, 4) is 5.75 Å². The van der Waals surface area contributed by atoms with Gasteiger partial charge in [0, 0.05) is 18.4 Å². The second-order valence-electron chi connectivity index (χ2n) is 5.43. The molecule has 3 rings (SSSR count). The van der Waals surface area contributed by atoms with Crippen molar-refractivity contribution in [3.05, 3.63) is 72.2 Å². The van der Waals surface area contributed by atoms with Crippen LogP contribution in [0.15, 0.2) is 60.8 Å². The lowest BCUT2D eigenvalue weighted by atomic mass is 10.1. The summed E-state index contributed by atoms with van der Waals surface area (Å²) in [6.07, 6.45) is 2.40.